The maximum absolute atomic E-state index is 10.1. The minimum Gasteiger partial charge on any atom is -0.390 e. The normalized spacial score (nSPS) is 26.1. The lowest BCUT2D eigenvalue weighted by Crippen LogP contribution is -2.28. The molecule has 0 aromatic heterocycles. The van der Waals surface area contributed by atoms with E-state index in [4.69, 9.17) is 4.74 Å². The molecule has 1 fully saturated rings. The van der Waals surface area contributed by atoms with Crippen LogP contribution in [-0.2, 0) is 17.6 Å². The van der Waals surface area contributed by atoms with E-state index in [0.29, 0.717) is 12.5 Å². The van der Waals surface area contributed by atoms with E-state index in [0.717, 1.165) is 19.3 Å². The molecule has 0 spiro atoms. The Morgan fingerprint density at radius 1 is 1.24 bits per heavy atom. The standard InChI is InChI=1S/C15H22O2/c1-3-12-5-7-13(8-6-12)10-14(16)15-9-4-11(2)17-15/h5-8,11,14-16H,3-4,9-10H2,1-2H3. The molecule has 0 bridgehead atoms. The lowest BCUT2D eigenvalue weighted by molar-refractivity contribution is -0.0278. The van der Waals surface area contributed by atoms with Crippen molar-refractivity contribution < 1.29 is 9.84 Å². The molecule has 1 aliphatic rings. The number of ether oxygens (including phenoxy) is 1. The summed E-state index contributed by atoms with van der Waals surface area (Å²) in [6.45, 7) is 4.22. The number of aliphatic hydroxyl groups is 1. The smallest absolute Gasteiger partial charge is 0.0842 e. The Labute approximate surface area is 104 Å². The minimum absolute atomic E-state index is 0.0239. The van der Waals surface area contributed by atoms with E-state index < -0.39 is 0 Å². The molecule has 1 aromatic carbocycles. The van der Waals surface area contributed by atoms with Crippen LogP contribution in [0.15, 0.2) is 24.3 Å². The van der Waals surface area contributed by atoms with Crippen LogP contribution in [0.5, 0.6) is 0 Å². The van der Waals surface area contributed by atoms with Gasteiger partial charge in [0.05, 0.1) is 18.3 Å². The van der Waals surface area contributed by atoms with Crippen LogP contribution >= 0.6 is 0 Å². The van der Waals surface area contributed by atoms with Crippen LogP contribution in [0.25, 0.3) is 0 Å². The summed E-state index contributed by atoms with van der Waals surface area (Å²) in [7, 11) is 0. The first-order valence-corrected chi connectivity index (χ1v) is 6.60. The summed E-state index contributed by atoms with van der Waals surface area (Å²) in [5, 5.41) is 10.1. The maximum atomic E-state index is 10.1. The van der Waals surface area contributed by atoms with Crippen molar-refractivity contribution in [3.8, 4) is 0 Å². The number of aryl methyl sites for hydroxylation is 1. The van der Waals surface area contributed by atoms with E-state index in [1.54, 1.807) is 0 Å². The second kappa shape index (κ2) is 5.65. The summed E-state index contributed by atoms with van der Waals surface area (Å²) in [5.74, 6) is 0. The van der Waals surface area contributed by atoms with Gasteiger partial charge in [-0.2, -0.15) is 0 Å². The highest BCUT2D eigenvalue weighted by atomic mass is 16.5. The van der Waals surface area contributed by atoms with Crippen molar-refractivity contribution in [2.75, 3.05) is 0 Å². The van der Waals surface area contributed by atoms with Crippen molar-refractivity contribution in [2.24, 2.45) is 0 Å². The highest BCUT2D eigenvalue weighted by Gasteiger charge is 2.28. The molecule has 1 aromatic rings. The SMILES string of the molecule is CCc1ccc(CC(O)C2CCC(C)O2)cc1. The second-order valence-corrected chi connectivity index (χ2v) is 5.00. The van der Waals surface area contributed by atoms with E-state index in [2.05, 4.69) is 38.1 Å². The lowest BCUT2D eigenvalue weighted by atomic mass is 10.0. The molecule has 2 nitrogen and oxygen atoms in total. The van der Waals surface area contributed by atoms with E-state index in [1.807, 2.05) is 0 Å². The first-order chi connectivity index (χ1) is 8.19. The topological polar surface area (TPSA) is 29.5 Å². The van der Waals surface area contributed by atoms with E-state index in [9.17, 15) is 5.11 Å². The predicted molar refractivity (Wildman–Crippen MR) is 69.1 cm³/mol. The van der Waals surface area contributed by atoms with Gasteiger partial charge in [0, 0.05) is 6.42 Å². The molecule has 94 valence electrons. The Hall–Kier alpha value is -0.860. The molecule has 3 atom stereocenters. The summed E-state index contributed by atoms with van der Waals surface area (Å²) < 4.78 is 5.69. The minimum atomic E-state index is -0.368. The molecule has 0 saturated carbocycles. The van der Waals surface area contributed by atoms with E-state index >= 15 is 0 Å². The number of rotatable bonds is 4. The van der Waals surface area contributed by atoms with Gasteiger partial charge in [-0.15, -0.1) is 0 Å². The third kappa shape index (κ3) is 3.30. The Kier molecular flexibility index (Phi) is 4.19. The maximum Gasteiger partial charge on any atom is 0.0842 e. The second-order valence-electron chi connectivity index (χ2n) is 5.00. The summed E-state index contributed by atoms with van der Waals surface area (Å²) in [6, 6.07) is 8.50. The molecular weight excluding hydrogens is 212 g/mol. The highest BCUT2D eigenvalue weighted by molar-refractivity contribution is 5.23. The Morgan fingerprint density at radius 3 is 2.41 bits per heavy atom. The van der Waals surface area contributed by atoms with Gasteiger partial charge in [-0.25, -0.2) is 0 Å². The van der Waals surface area contributed by atoms with E-state index in [1.165, 1.54) is 11.1 Å². The number of benzene rings is 1. The van der Waals surface area contributed by atoms with E-state index in [-0.39, 0.29) is 12.2 Å². The highest BCUT2D eigenvalue weighted by Crippen LogP contribution is 2.23. The van der Waals surface area contributed by atoms with Crippen LogP contribution in [0, 0.1) is 0 Å². The fourth-order valence-electron chi connectivity index (χ4n) is 2.40. The molecule has 1 N–H and O–H groups in total. The van der Waals surface area contributed by atoms with Gasteiger partial charge in [0.2, 0.25) is 0 Å². The molecule has 0 amide bonds. The van der Waals surface area contributed by atoms with Crippen LogP contribution in [0.2, 0.25) is 0 Å². The van der Waals surface area contributed by atoms with Crippen molar-refractivity contribution in [1.29, 1.82) is 0 Å². The zero-order valence-corrected chi connectivity index (χ0v) is 10.7. The van der Waals surface area contributed by atoms with Gasteiger partial charge in [0.15, 0.2) is 0 Å². The van der Waals surface area contributed by atoms with Crippen LogP contribution in [0.1, 0.15) is 37.8 Å². The summed E-state index contributed by atoms with van der Waals surface area (Å²) >= 11 is 0. The average molecular weight is 234 g/mol. The number of hydrogen-bond acceptors (Lipinski definition) is 2. The predicted octanol–water partition coefficient (Wildman–Crippen LogP) is 2.72. The molecule has 1 saturated heterocycles. The molecule has 0 radical (unpaired) electrons. The number of aliphatic hydroxyl groups excluding tert-OH is 1. The first-order valence-electron chi connectivity index (χ1n) is 6.60. The zero-order chi connectivity index (χ0) is 12.3. The van der Waals surface area contributed by atoms with Gasteiger partial charge in [-0.3, -0.25) is 0 Å². The lowest BCUT2D eigenvalue weighted by Gasteiger charge is -2.18. The van der Waals surface area contributed by atoms with Crippen LogP contribution in [-0.4, -0.2) is 23.4 Å². The Bertz CT molecular complexity index is 344. The quantitative estimate of drug-likeness (QED) is 0.868. The van der Waals surface area contributed by atoms with Crippen molar-refractivity contribution in [3.63, 3.8) is 0 Å². The molecule has 2 heteroatoms. The third-order valence-corrected chi connectivity index (χ3v) is 3.57. The monoisotopic (exact) mass is 234 g/mol. The molecular formula is C15H22O2. The van der Waals surface area contributed by atoms with Gasteiger partial charge in [-0.1, -0.05) is 31.2 Å². The molecule has 2 rings (SSSR count). The molecule has 1 heterocycles. The van der Waals surface area contributed by atoms with Gasteiger partial charge in [-0.05, 0) is 37.3 Å². The summed E-state index contributed by atoms with van der Waals surface area (Å²) in [5.41, 5.74) is 2.53. The largest absolute Gasteiger partial charge is 0.390 e. The van der Waals surface area contributed by atoms with Gasteiger partial charge < -0.3 is 9.84 Å². The van der Waals surface area contributed by atoms with Crippen LogP contribution in [0.3, 0.4) is 0 Å². The van der Waals surface area contributed by atoms with Crippen molar-refractivity contribution >= 4 is 0 Å². The average Bonchev–Trinajstić information content (AvgIpc) is 2.77. The van der Waals surface area contributed by atoms with Crippen molar-refractivity contribution in [1.82, 2.24) is 0 Å². The first kappa shape index (κ1) is 12.6. The molecule has 17 heavy (non-hydrogen) atoms. The van der Waals surface area contributed by atoms with Crippen molar-refractivity contribution in [3.05, 3.63) is 35.4 Å². The Balaban J connectivity index is 1.91. The Morgan fingerprint density at radius 2 is 1.88 bits per heavy atom. The van der Waals surface area contributed by atoms with Gasteiger partial charge in [0.25, 0.3) is 0 Å². The van der Waals surface area contributed by atoms with Gasteiger partial charge >= 0.3 is 0 Å². The molecule has 1 aliphatic heterocycles. The van der Waals surface area contributed by atoms with Crippen LogP contribution in [0.4, 0.5) is 0 Å². The fourth-order valence-corrected chi connectivity index (χ4v) is 2.40. The zero-order valence-electron chi connectivity index (χ0n) is 10.7. The van der Waals surface area contributed by atoms with Gasteiger partial charge in [0.1, 0.15) is 0 Å². The summed E-state index contributed by atoms with van der Waals surface area (Å²) in [4.78, 5) is 0. The summed E-state index contributed by atoms with van der Waals surface area (Å²) in [6.07, 6.45) is 3.76. The van der Waals surface area contributed by atoms with Crippen LogP contribution < -0.4 is 0 Å². The fraction of sp³-hybridized carbons (Fsp3) is 0.600. The third-order valence-electron chi connectivity index (χ3n) is 3.57. The molecule has 3 unspecified atom stereocenters. The van der Waals surface area contributed by atoms with Crippen molar-refractivity contribution in [2.45, 2.75) is 57.8 Å². The molecule has 0 aliphatic carbocycles. The number of hydrogen-bond donors (Lipinski definition) is 1.